The van der Waals surface area contributed by atoms with Crippen LogP contribution in [0.15, 0.2) is 30.3 Å². The number of anilines is 1. The van der Waals surface area contributed by atoms with Crippen molar-refractivity contribution in [1.29, 1.82) is 0 Å². The molecule has 2 rings (SSSR count). The first kappa shape index (κ1) is 16.6. The average Bonchev–Trinajstić information content (AvgIpc) is 2.98. The quantitative estimate of drug-likeness (QED) is 0.861. The van der Waals surface area contributed by atoms with E-state index in [0.717, 1.165) is 23.4 Å². The third-order valence-corrected chi connectivity index (χ3v) is 5.25. The Balaban J connectivity index is 2.11. The van der Waals surface area contributed by atoms with Gasteiger partial charge in [0.05, 0.1) is 5.92 Å². The van der Waals surface area contributed by atoms with E-state index in [4.69, 9.17) is 0 Å². The van der Waals surface area contributed by atoms with Crippen LogP contribution in [-0.2, 0) is 10.2 Å². The molecule has 1 amide bonds. The summed E-state index contributed by atoms with van der Waals surface area (Å²) in [5.74, 6) is -0.182. The minimum Gasteiger partial charge on any atom is -0.300 e. The second kappa shape index (κ2) is 7.01. The van der Waals surface area contributed by atoms with E-state index in [1.165, 1.54) is 11.3 Å². The lowest BCUT2D eigenvalue weighted by Gasteiger charge is -2.17. The minimum atomic E-state index is -0.160. The summed E-state index contributed by atoms with van der Waals surface area (Å²) in [4.78, 5) is 12.5. The van der Waals surface area contributed by atoms with Gasteiger partial charge in [-0.3, -0.25) is 10.1 Å². The van der Waals surface area contributed by atoms with Crippen molar-refractivity contribution >= 4 is 22.4 Å². The van der Waals surface area contributed by atoms with Crippen molar-refractivity contribution in [3.05, 3.63) is 40.9 Å². The molecule has 2 aromatic rings. The summed E-state index contributed by atoms with van der Waals surface area (Å²) < 4.78 is 0. The zero-order chi connectivity index (χ0) is 16.2. The van der Waals surface area contributed by atoms with Crippen molar-refractivity contribution in [3.8, 4) is 0 Å². The first-order valence-corrected chi connectivity index (χ1v) is 8.49. The Labute approximate surface area is 136 Å². The molecule has 0 spiro atoms. The molecule has 1 aromatic heterocycles. The Hall–Kier alpha value is -1.75. The molecule has 0 aliphatic heterocycles. The van der Waals surface area contributed by atoms with Crippen molar-refractivity contribution in [1.82, 2.24) is 10.2 Å². The van der Waals surface area contributed by atoms with Gasteiger partial charge in [0.25, 0.3) is 0 Å². The van der Waals surface area contributed by atoms with Gasteiger partial charge in [-0.1, -0.05) is 69.4 Å². The number of benzene rings is 1. The van der Waals surface area contributed by atoms with Crippen molar-refractivity contribution in [3.63, 3.8) is 0 Å². The third-order valence-electron chi connectivity index (χ3n) is 4.04. The summed E-state index contributed by atoms with van der Waals surface area (Å²) in [6.07, 6.45) is 1.74. The molecule has 1 atom stereocenters. The highest BCUT2D eigenvalue weighted by Crippen LogP contribution is 2.31. The molecule has 4 nitrogen and oxygen atoms in total. The van der Waals surface area contributed by atoms with Gasteiger partial charge in [-0.05, 0) is 18.4 Å². The molecule has 0 radical (unpaired) electrons. The maximum atomic E-state index is 12.5. The normalized spacial score (nSPS) is 12.9. The number of hydrogen-bond donors (Lipinski definition) is 1. The highest BCUT2D eigenvalue weighted by atomic mass is 32.1. The first-order chi connectivity index (χ1) is 10.5. The lowest BCUT2D eigenvalue weighted by Crippen LogP contribution is -2.20. The van der Waals surface area contributed by atoms with Gasteiger partial charge in [-0.25, -0.2) is 0 Å². The summed E-state index contributed by atoms with van der Waals surface area (Å²) in [5.41, 5.74) is 1.02. The van der Waals surface area contributed by atoms with Crippen LogP contribution in [0, 0.1) is 0 Å². The van der Waals surface area contributed by atoms with E-state index in [0.29, 0.717) is 5.13 Å². The van der Waals surface area contributed by atoms with Gasteiger partial charge in [0.15, 0.2) is 0 Å². The SMILES string of the molecule is CCC(C(=O)Nc1nnc(C(C)(C)CC)s1)c1ccccc1. The van der Waals surface area contributed by atoms with Gasteiger partial charge in [-0.15, -0.1) is 10.2 Å². The van der Waals surface area contributed by atoms with E-state index < -0.39 is 0 Å². The standard InChI is InChI=1S/C17H23N3OS/c1-5-13(12-10-8-7-9-11-12)14(21)18-16-20-19-15(22-16)17(3,4)6-2/h7-11,13H,5-6H2,1-4H3,(H,18,20,21). The summed E-state index contributed by atoms with van der Waals surface area (Å²) in [6, 6.07) is 9.84. The molecule has 5 heteroatoms. The molecule has 22 heavy (non-hydrogen) atoms. The van der Waals surface area contributed by atoms with E-state index in [1.807, 2.05) is 37.3 Å². The number of nitrogens with one attached hydrogen (secondary N) is 1. The van der Waals surface area contributed by atoms with Gasteiger partial charge < -0.3 is 0 Å². The van der Waals surface area contributed by atoms with E-state index in [9.17, 15) is 4.79 Å². The Morgan fingerprint density at radius 2 is 1.91 bits per heavy atom. The van der Waals surface area contributed by atoms with E-state index >= 15 is 0 Å². The Bertz CT molecular complexity index is 622. The Morgan fingerprint density at radius 3 is 2.50 bits per heavy atom. The molecule has 0 bridgehead atoms. The highest BCUT2D eigenvalue weighted by molar-refractivity contribution is 7.15. The summed E-state index contributed by atoms with van der Waals surface area (Å²) >= 11 is 1.46. The van der Waals surface area contributed by atoms with Gasteiger partial charge in [-0.2, -0.15) is 0 Å². The lowest BCUT2D eigenvalue weighted by atomic mass is 9.91. The number of carbonyl (C=O) groups excluding carboxylic acids is 1. The number of carbonyl (C=O) groups is 1. The fourth-order valence-electron chi connectivity index (χ4n) is 2.15. The molecular weight excluding hydrogens is 294 g/mol. The molecule has 0 aliphatic carbocycles. The second-order valence-electron chi connectivity index (χ2n) is 6.01. The largest absolute Gasteiger partial charge is 0.300 e. The van der Waals surface area contributed by atoms with Crippen LogP contribution in [0.2, 0.25) is 0 Å². The van der Waals surface area contributed by atoms with Crippen LogP contribution < -0.4 is 5.32 Å². The molecule has 1 N–H and O–H groups in total. The highest BCUT2D eigenvalue weighted by Gasteiger charge is 2.25. The minimum absolute atomic E-state index is 0.00969. The molecule has 1 heterocycles. The topological polar surface area (TPSA) is 54.9 Å². The monoisotopic (exact) mass is 317 g/mol. The zero-order valence-electron chi connectivity index (χ0n) is 13.6. The zero-order valence-corrected chi connectivity index (χ0v) is 14.4. The third kappa shape index (κ3) is 3.71. The fourth-order valence-corrected chi connectivity index (χ4v) is 3.07. The maximum Gasteiger partial charge on any atom is 0.233 e. The van der Waals surface area contributed by atoms with E-state index in [1.54, 1.807) is 0 Å². The molecule has 0 saturated carbocycles. The number of rotatable bonds is 6. The first-order valence-electron chi connectivity index (χ1n) is 7.67. The Kier molecular flexibility index (Phi) is 5.29. The van der Waals surface area contributed by atoms with E-state index in [2.05, 4.69) is 36.3 Å². The van der Waals surface area contributed by atoms with Crippen LogP contribution in [0.25, 0.3) is 0 Å². The van der Waals surface area contributed by atoms with Gasteiger partial charge in [0, 0.05) is 5.41 Å². The average molecular weight is 317 g/mol. The van der Waals surface area contributed by atoms with Crippen LogP contribution in [0.5, 0.6) is 0 Å². The molecule has 0 fully saturated rings. The smallest absolute Gasteiger partial charge is 0.233 e. The van der Waals surface area contributed by atoms with Crippen LogP contribution >= 0.6 is 11.3 Å². The van der Waals surface area contributed by atoms with Crippen LogP contribution in [0.3, 0.4) is 0 Å². The van der Waals surface area contributed by atoms with Crippen molar-refractivity contribution in [2.24, 2.45) is 0 Å². The van der Waals surface area contributed by atoms with Crippen LogP contribution in [0.1, 0.15) is 57.0 Å². The number of hydrogen-bond acceptors (Lipinski definition) is 4. The van der Waals surface area contributed by atoms with Crippen molar-refractivity contribution in [2.45, 2.75) is 51.9 Å². The molecule has 1 aromatic carbocycles. The summed E-state index contributed by atoms with van der Waals surface area (Å²) in [5, 5.41) is 12.8. The summed E-state index contributed by atoms with van der Waals surface area (Å²) in [6.45, 7) is 8.42. The fraction of sp³-hybridized carbons (Fsp3) is 0.471. The summed E-state index contributed by atoms with van der Waals surface area (Å²) in [7, 11) is 0. The van der Waals surface area contributed by atoms with Crippen LogP contribution in [-0.4, -0.2) is 16.1 Å². The molecular formula is C17H23N3OS. The van der Waals surface area contributed by atoms with Gasteiger partial charge in [0.2, 0.25) is 11.0 Å². The molecule has 118 valence electrons. The molecule has 0 saturated heterocycles. The van der Waals surface area contributed by atoms with Gasteiger partial charge >= 0.3 is 0 Å². The molecule has 0 aliphatic rings. The Morgan fingerprint density at radius 1 is 1.23 bits per heavy atom. The number of aromatic nitrogens is 2. The number of amides is 1. The number of nitrogens with zero attached hydrogens (tertiary/aromatic N) is 2. The predicted octanol–water partition coefficient (Wildman–Crippen LogP) is 4.36. The lowest BCUT2D eigenvalue weighted by molar-refractivity contribution is -0.117. The molecule has 1 unspecified atom stereocenters. The predicted molar refractivity (Wildman–Crippen MR) is 91.3 cm³/mol. The second-order valence-corrected chi connectivity index (χ2v) is 6.99. The maximum absolute atomic E-state index is 12.5. The van der Waals surface area contributed by atoms with E-state index in [-0.39, 0.29) is 17.2 Å². The van der Waals surface area contributed by atoms with Crippen molar-refractivity contribution in [2.75, 3.05) is 5.32 Å². The van der Waals surface area contributed by atoms with Crippen LogP contribution in [0.4, 0.5) is 5.13 Å². The van der Waals surface area contributed by atoms with Crippen molar-refractivity contribution < 1.29 is 4.79 Å². The van der Waals surface area contributed by atoms with Gasteiger partial charge in [0.1, 0.15) is 5.01 Å².